The van der Waals surface area contributed by atoms with E-state index in [1.54, 1.807) is 12.3 Å². The minimum absolute atomic E-state index is 0.123. The summed E-state index contributed by atoms with van der Waals surface area (Å²) in [6.45, 7) is 0. The lowest BCUT2D eigenvalue weighted by atomic mass is 10.0. The number of fused-ring (bicyclic) bond motifs is 1. The number of aryl methyl sites for hydroxylation is 1. The summed E-state index contributed by atoms with van der Waals surface area (Å²) < 4.78 is 38.6. The molecule has 0 aliphatic heterocycles. The fraction of sp³-hybridized carbons (Fsp3) is 0.167. The smallest absolute Gasteiger partial charge is 0.353 e. The molecular formula is C24H19ClF3N3O. The SMILES string of the molecule is O=C(CCCc1c(-c2ccccn2)[nH]c2ccc(Cl)cc12)Nc1cccc(C(F)(F)F)c1. The third-order valence-corrected chi connectivity index (χ3v) is 5.33. The summed E-state index contributed by atoms with van der Waals surface area (Å²) in [5, 5.41) is 4.11. The molecule has 0 aliphatic carbocycles. The largest absolute Gasteiger partial charge is 0.416 e. The zero-order chi connectivity index (χ0) is 22.7. The second kappa shape index (κ2) is 9.04. The van der Waals surface area contributed by atoms with Gasteiger partial charge in [0.2, 0.25) is 5.91 Å². The van der Waals surface area contributed by atoms with E-state index < -0.39 is 11.7 Å². The molecule has 1 amide bonds. The average Bonchev–Trinajstić information content (AvgIpc) is 3.12. The summed E-state index contributed by atoms with van der Waals surface area (Å²) in [4.78, 5) is 20.1. The predicted molar refractivity (Wildman–Crippen MR) is 120 cm³/mol. The number of halogens is 4. The van der Waals surface area contributed by atoms with Crippen molar-refractivity contribution in [3.05, 3.63) is 83.0 Å². The summed E-state index contributed by atoms with van der Waals surface area (Å²) in [5.74, 6) is -0.346. The van der Waals surface area contributed by atoms with E-state index >= 15 is 0 Å². The van der Waals surface area contributed by atoms with Crippen molar-refractivity contribution >= 4 is 34.1 Å². The van der Waals surface area contributed by atoms with Crippen LogP contribution in [0.4, 0.5) is 18.9 Å². The number of benzene rings is 2. The summed E-state index contributed by atoms with van der Waals surface area (Å²) in [6.07, 6.45) is -1.52. The van der Waals surface area contributed by atoms with Gasteiger partial charge >= 0.3 is 6.18 Å². The highest BCUT2D eigenvalue weighted by molar-refractivity contribution is 6.31. The molecule has 0 fully saturated rings. The number of nitrogens with zero attached hydrogens (tertiary/aromatic N) is 1. The number of aromatic nitrogens is 2. The first-order chi connectivity index (χ1) is 15.3. The molecule has 0 aliphatic rings. The first kappa shape index (κ1) is 21.9. The van der Waals surface area contributed by atoms with E-state index in [4.69, 9.17) is 11.6 Å². The molecule has 4 rings (SSSR count). The van der Waals surface area contributed by atoms with Gasteiger partial charge in [-0.1, -0.05) is 23.7 Å². The molecule has 0 bridgehead atoms. The Bertz CT molecular complexity index is 1250. The summed E-state index contributed by atoms with van der Waals surface area (Å²) in [5.41, 5.74) is 2.87. The van der Waals surface area contributed by atoms with Gasteiger partial charge in [-0.3, -0.25) is 9.78 Å². The molecule has 164 valence electrons. The molecule has 32 heavy (non-hydrogen) atoms. The number of hydrogen-bond donors (Lipinski definition) is 2. The van der Waals surface area contributed by atoms with Crippen molar-refractivity contribution in [3.8, 4) is 11.4 Å². The first-order valence-corrected chi connectivity index (χ1v) is 10.4. The Labute approximate surface area is 187 Å². The number of carbonyl (C=O) groups excluding carboxylic acids is 1. The van der Waals surface area contributed by atoms with E-state index in [1.165, 1.54) is 12.1 Å². The lowest BCUT2D eigenvalue weighted by Crippen LogP contribution is -2.13. The Hall–Kier alpha value is -3.32. The third-order valence-electron chi connectivity index (χ3n) is 5.09. The highest BCUT2D eigenvalue weighted by atomic mass is 35.5. The molecule has 2 heterocycles. The van der Waals surface area contributed by atoms with Crippen molar-refractivity contribution in [1.82, 2.24) is 9.97 Å². The quantitative estimate of drug-likeness (QED) is 0.332. The number of nitrogens with one attached hydrogen (secondary N) is 2. The van der Waals surface area contributed by atoms with Crippen LogP contribution in [0.2, 0.25) is 5.02 Å². The fourth-order valence-electron chi connectivity index (χ4n) is 3.63. The van der Waals surface area contributed by atoms with Crippen molar-refractivity contribution in [1.29, 1.82) is 0 Å². The molecule has 0 spiro atoms. The van der Waals surface area contributed by atoms with Gasteiger partial charge in [-0.2, -0.15) is 13.2 Å². The molecule has 4 nitrogen and oxygen atoms in total. The molecule has 2 N–H and O–H groups in total. The molecule has 2 aromatic heterocycles. The van der Waals surface area contributed by atoms with Crippen LogP contribution in [0.15, 0.2) is 66.9 Å². The fourth-order valence-corrected chi connectivity index (χ4v) is 3.80. The van der Waals surface area contributed by atoms with Gasteiger partial charge in [-0.05, 0) is 66.9 Å². The Kier molecular flexibility index (Phi) is 6.19. The number of rotatable bonds is 6. The zero-order valence-electron chi connectivity index (χ0n) is 16.8. The minimum atomic E-state index is -4.46. The van der Waals surface area contributed by atoms with Crippen molar-refractivity contribution in [3.63, 3.8) is 0 Å². The molecule has 0 saturated carbocycles. The number of anilines is 1. The molecule has 0 saturated heterocycles. The summed E-state index contributed by atoms with van der Waals surface area (Å²) in [7, 11) is 0. The standard InChI is InChI=1S/C24H19ClF3N3O/c25-16-10-11-20-19(14-16)18(23(31-20)21-8-1-2-12-29-21)7-4-9-22(32)30-17-6-3-5-15(13-17)24(26,27)28/h1-3,5-6,8,10-14,31H,4,7,9H2,(H,30,32). The Balaban J connectivity index is 1.49. The van der Waals surface area contributed by atoms with Crippen LogP contribution in [0.3, 0.4) is 0 Å². The molecule has 0 radical (unpaired) electrons. The van der Waals surface area contributed by atoms with Crippen molar-refractivity contribution < 1.29 is 18.0 Å². The van der Waals surface area contributed by atoms with Crippen LogP contribution in [0, 0.1) is 0 Å². The number of H-pyrrole nitrogens is 1. The lowest BCUT2D eigenvalue weighted by molar-refractivity contribution is -0.137. The number of pyridine rings is 1. The van der Waals surface area contributed by atoms with Gasteiger partial charge in [0.05, 0.1) is 17.0 Å². The van der Waals surface area contributed by atoms with E-state index in [-0.39, 0.29) is 18.0 Å². The van der Waals surface area contributed by atoms with Gasteiger partial charge in [-0.15, -0.1) is 0 Å². The maximum atomic E-state index is 12.9. The number of aromatic amines is 1. The van der Waals surface area contributed by atoms with Crippen LogP contribution in [0.1, 0.15) is 24.0 Å². The van der Waals surface area contributed by atoms with Crippen LogP contribution >= 0.6 is 11.6 Å². The Morgan fingerprint density at radius 2 is 1.91 bits per heavy atom. The maximum Gasteiger partial charge on any atom is 0.416 e. The summed E-state index contributed by atoms with van der Waals surface area (Å²) in [6, 6.07) is 15.8. The topological polar surface area (TPSA) is 57.8 Å². The lowest BCUT2D eigenvalue weighted by Gasteiger charge is -2.10. The van der Waals surface area contributed by atoms with Gasteiger partial charge in [-0.25, -0.2) is 0 Å². The number of amides is 1. The van der Waals surface area contributed by atoms with Crippen LogP contribution < -0.4 is 5.32 Å². The van der Waals surface area contributed by atoms with Crippen LogP contribution in [0.5, 0.6) is 0 Å². The maximum absolute atomic E-state index is 12.9. The normalized spacial score (nSPS) is 11.6. The van der Waals surface area contributed by atoms with Crippen LogP contribution in [-0.4, -0.2) is 15.9 Å². The van der Waals surface area contributed by atoms with E-state index in [1.807, 2.05) is 30.3 Å². The average molecular weight is 458 g/mol. The zero-order valence-corrected chi connectivity index (χ0v) is 17.6. The van der Waals surface area contributed by atoms with E-state index in [0.29, 0.717) is 17.9 Å². The second-order valence-electron chi connectivity index (χ2n) is 7.36. The molecule has 2 aromatic carbocycles. The first-order valence-electron chi connectivity index (χ1n) is 10.00. The highest BCUT2D eigenvalue weighted by Crippen LogP contribution is 2.33. The van der Waals surface area contributed by atoms with E-state index in [0.717, 1.165) is 40.0 Å². The molecule has 4 aromatic rings. The van der Waals surface area contributed by atoms with Gasteiger partial charge in [0.1, 0.15) is 0 Å². The van der Waals surface area contributed by atoms with Gasteiger partial charge in [0, 0.05) is 34.2 Å². The molecule has 8 heteroatoms. The molecule has 0 atom stereocenters. The van der Waals surface area contributed by atoms with Gasteiger partial charge < -0.3 is 10.3 Å². The number of hydrogen-bond acceptors (Lipinski definition) is 2. The van der Waals surface area contributed by atoms with Gasteiger partial charge in [0.25, 0.3) is 0 Å². The van der Waals surface area contributed by atoms with Crippen molar-refractivity contribution in [2.75, 3.05) is 5.32 Å². The van der Waals surface area contributed by atoms with Crippen molar-refractivity contribution in [2.24, 2.45) is 0 Å². The Morgan fingerprint density at radius 1 is 1.06 bits per heavy atom. The minimum Gasteiger partial charge on any atom is -0.353 e. The predicted octanol–water partition coefficient (Wildman–Crippen LogP) is 6.86. The van der Waals surface area contributed by atoms with Crippen molar-refractivity contribution in [2.45, 2.75) is 25.4 Å². The van der Waals surface area contributed by atoms with Gasteiger partial charge in [0.15, 0.2) is 0 Å². The van der Waals surface area contributed by atoms with E-state index in [9.17, 15) is 18.0 Å². The number of alkyl halides is 3. The Morgan fingerprint density at radius 3 is 2.66 bits per heavy atom. The number of carbonyl (C=O) groups is 1. The highest BCUT2D eigenvalue weighted by Gasteiger charge is 2.30. The van der Waals surface area contributed by atoms with Crippen LogP contribution in [0.25, 0.3) is 22.3 Å². The monoisotopic (exact) mass is 457 g/mol. The molecule has 0 unspecified atom stereocenters. The second-order valence-corrected chi connectivity index (χ2v) is 7.80. The van der Waals surface area contributed by atoms with E-state index in [2.05, 4.69) is 15.3 Å². The summed E-state index contributed by atoms with van der Waals surface area (Å²) >= 11 is 6.19. The third kappa shape index (κ3) is 4.94. The molecular weight excluding hydrogens is 439 g/mol. The van der Waals surface area contributed by atoms with Crippen LogP contribution in [-0.2, 0) is 17.4 Å².